The third kappa shape index (κ3) is 5.50. The third-order valence-corrected chi connectivity index (χ3v) is 3.81. The van der Waals surface area contributed by atoms with Gasteiger partial charge >= 0.3 is 6.09 Å². The van der Waals surface area contributed by atoms with Crippen molar-refractivity contribution in [2.45, 2.75) is 19.4 Å². The number of nitrogens with one attached hydrogen (secondary N) is 1. The smallest absolute Gasteiger partial charge is 0.414 e. The van der Waals surface area contributed by atoms with Crippen LogP contribution in [0.15, 0.2) is 48.5 Å². The summed E-state index contributed by atoms with van der Waals surface area (Å²) < 4.78 is 11.5. The Labute approximate surface area is 149 Å². The molecular weight excluding hydrogens is 316 g/mol. The number of hydrogen-bond acceptors (Lipinski definition) is 4. The van der Waals surface area contributed by atoms with Crippen molar-refractivity contribution in [2.24, 2.45) is 0 Å². The molecule has 0 aliphatic heterocycles. The molecule has 0 aliphatic carbocycles. The van der Waals surface area contributed by atoms with Crippen molar-refractivity contribution in [2.75, 3.05) is 27.7 Å². The summed E-state index contributed by atoms with van der Waals surface area (Å²) >= 11 is 0. The number of rotatable bonds is 7. The lowest BCUT2D eigenvalue weighted by atomic mass is 10.1. The van der Waals surface area contributed by atoms with E-state index in [-0.39, 0.29) is 6.10 Å². The van der Waals surface area contributed by atoms with E-state index in [1.807, 2.05) is 44.3 Å². The van der Waals surface area contributed by atoms with Crippen molar-refractivity contribution in [3.63, 3.8) is 0 Å². The molecule has 0 saturated heterocycles. The average molecular weight is 342 g/mol. The fraction of sp³-hybridized carbons (Fsp3) is 0.350. The Hall–Kier alpha value is -2.53. The van der Waals surface area contributed by atoms with Crippen molar-refractivity contribution >= 4 is 6.09 Å². The first kappa shape index (κ1) is 18.8. The highest BCUT2D eigenvalue weighted by atomic mass is 16.6. The normalized spacial score (nSPS) is 11.7. The fourth-order valence-electron chi connectivity index (χ4n) is 2.40. The van der Waals surface area contributed by atoms with E-state index in [1.165, 1.54) is 4.90 Å². The van der Waals surface area contributed by atoms with E-state index < -0.39 is 6.09 Å². The SMILES string of the molecule is CNCC[C@@H](Oc1ccc(OC(=O)N(C)C)cc1C)c1ccccc1. The summed E-state index contributed by atoms with van der Waals surface area (Å²) in [5, 5.41) is 3.17. The molecule has 0 heterocycles. The van der Waals surface area contributed by atoms with Gasteiger partial charge in [-0.2, -0.15) is 0 Å². The van der Waals surface area contributed by atoms with Crippen LogP contribution in [0.4, 0.5) is 4.79 Å². The Morgan fingerprint density at radius 1 is 1.16 bits per heavy atom. The molecule has 0 radical (unpaired) electrons. The molecule has 0 aliphatic rings. The molecule has 0 aromatic heterocycles. The highest BCUT2D eigenvalue weighted by Crippen LogP contribution is 2.29. The number of nitrogens with zero attached hydrogens (tertiary/aromatic N) is 1. The molecule has 0 unspecified atom stereocenters. The minimum Gasteiger partial charge on any atom is -0.485 e. The number of amides is 1. The van der Waals surface area contributed by atoms with Crippen LogP contribution in [0.1, 0.15) is 23.7 Å². The molecule has 0 spiro atoms. The number of carbonyl (C=O) groups is 1. The first-order chi connectivity index (χ1) is 12.0. The predicted molar refractivity (Wildman–Crippen MR) is 99.2 cm³/mol. The summed E-state index contributed by atoms with van der Waals surface area (Å²) in [6.07, 6.45) is 0.420. The summed E-state index contributed by atoms with van der Waals surface area (Å²) in [7, 11) is 5.24. The van der Waals surface area contributed by atoms with Crippen LogP contribution in [0.3, 0.4) is 0 Å². The Morgan fingerprint density at radius 2 is 1.88 bits per heavy atom. The molecule has 2 aromatic carbocycles. The second-order valence-electron chi connectivity index (χ2n) is 6.10. The van der Waals surface area contributed by atoms with E-state index in [4.69, 9.17) is 9.47 Å². The predicted octanol–water partition coefficient (Wildman–Crippen LogP) is 3.79. The van der Waals surface area contributed by atoms with Gasteiger partial charge in [-0.25, -0.2) is 4.79 Å². The van der Waals surface area contributed by atoms with Gasteiger partial charge in [0.1, 0.15) is 17.6 Å². The van der Waals surface area contributed by atoms with Gasteiger partial charge in [-0.15, -0.1) is 0 Å². The lowest BCUT2D eigenvalue weighted by Gasteiger charge is -2.21. The number of benzene rings is 2. The first-order valence-electron chi connectivity index (χ1n) is 8.37. The van der Waals surface area contributed by atoms with Crippen LogP contribution in [0.5, 0.6) is 11.5 Å². The van der Waals surface area contributed by atoms with Crippen molar-refractivity contribution < 1.29 is 14.3 Å². The largest absolute Gasteiger partial charge is 0.485 e. The second-order valence-corrected chi connectivity index (χ2v) is 6.10. The topological polar surface area (TPSA) is 50.8 Å². The molecule has 25 heavy (non-hydrogen) atoms. The number of aryl methyl sites for hydroxylation is 1. The zero-order valence-corrected chi connectivity index (χ0v) is 15.3. The minimum atomic E-state index is -0.399. The molecule has 0 bridgehead atoms. The van der Waals surface area contributed by atoms with Crippen LogP contribution in [0, 0.1) is 6.92 Å². The van der Waals surface area contributed by atoms with Gasteiger partial charge in [-0.3, -0.25) is 0 Å². The average Bonchev–Trinajstić information content (AvgIpc) is 2.61. The highest BCUT2D eigenvalue weighted by molar-refractivity contribution is 5.70. The molecule has 1 atom stereocenters. The van der Waals surface area contributed by atoms with Gasteiger partial charge in [0.2, 0.25) is 0 Å². The van der Waals surface area contributed by atoms with Crippen molar-refractivity contribution in [1.82, 2.24) is 10.2 Å². The van der Waals surface area contributed by atoms with E-state index in [0.29, 0.717) is 5.75 Å². The van der Waals surface area contributed by atoms with Gasteiger partial charge in [0.05, 0.1) is 0 Å². The Bertz CT molecular complexity index is 687. The van der Waals surface area contributed by atoms with Gasteiger partial charge in [0, 0.05) is 20.5 Å². The number of hydrogen-bond donors (Lipinski definition) is 1. The van der Waals surface area contributed by atoms with E-state index in [0.717, 1.165) is 29.8 Å². The maximum absolute atomic E-state index is 11.7. The van der Waals surface area contributed by atoms with Crippen LogP contribution in [0.25, 0.3) is 0 Å². The molecule has 5 heteroatoms. The van der Waals surface area contributed by atoms with Crippen molar-refractivity contribution in [3.05, 3.63) is 59.7 Å². The van der Waals surface area contributed by atoms with E-state index >= 15 is 0 Å². The van der Waals surface area contributed by atoms with Crippen LogP contribution in [-0.2, 0) is 0 Å². The van der Waals surface area contributed by atoms with Crippen molar-refractivity contribution in [3.8, 4) is 11.5 Å². The third-order valence-electron chi connectivity index (χ3n) is 3.81. The van der Waals surface area contributed by atoms with Gasteiger partial charge < -0.3 is 19.7 Å². The van der Waals surface area contributed by atoms with Crippen LogP contribution >= 0.6 is 0 Å². The molecule has 1 N–H and O–H groups in total. The van der Waals surface area contributed by atoms with Gasteiger partial charge in [-0.05, 0) is 49.8 Å². The zero-order chi connectivity index (χ0) is 18.2. The van der Waals surface area contributed by atoms with Gasteiger partial charge in [0.15, 0.2) is 0 Å². The lowest BCUT2D eigenvalue weighted by molar-refractivity contribution is 0.171. The highest BCUT2D eigenvalue weighted by Gasteiger charge is 2.15. The quantitative estimate of drug-likeness (QED) is 0.832. The minimum absolute atomic E-state index is 0.0393. The summed E-state index contributed by atoms with van der Waals surface area (Å²) in [5.41, 5.74) is 2.06. The summed E-state index contributed by atoms with van der Waals surface area (Å²) in [6.45, 7) is 2.81. The molecule has 134 valence electrons. The molecule has 0 saturated carbocycles. The van der Waals surface area contributed by atoms with Gasteiger partial charge in [-0.1, -0.05) is 30.3 Å². The molecular formula is C20H26N2O3. The van der Waals surface area contributed by atoms with E-state index in [1.54, 1.807) is 20.2 Å². The maximum atomic E-state index is 11.7. The molecule has 2 aromatic rings. The lowest BCUT2D eigenvalue weighted by Crippen LogP contribution is -2.25. The van der Waals surface area contributed by atoms with E-state index in [9.17, 15) is 4.79 Å². The van der Waals surface area contributed by atoms with E-state index in [2.05, 4.69) is 17.4 Å². The van der Waals surface area contributed by atoms with Crippen LogP contribution in [-0.4, -0.2) is 38.7 Å². The summed E-state index contributed by atoms with van der Waals surface area (Å²) in [4.78, 5) is 13.0. The summed E-state index contributed by atoms with van der Waals surface area (Å²) in [5.74, 6) is 1.30. The van der Waals surface area contributed by atoms with Gasteiger partial charge in [0.25, 0.3) is 0 Å². The molecule has 1 amide bonds. The van der Waals surface area contributed by atoms with Crippen LogP contribution < -0.4 is 14.8 Å². The number of ether oxygens (including phenoxy) is 2. The zero-order valence-electron chi connectivity index (χ0n) is 15.3. The van der Waals surface area contributed by atoms with Crippen molar-refractivity contribution in [1.29, 1.82) is 0 Å². The standard InChI is InChI=1S/C20H26N2O3/c1-15-14-17(24-20(23)22(3)4)10-11-18(15)25-19(12-13-21-2)16-8-6-5-7-9-16/h5-11,14,19,21H,12-13H2,1-4H3/t19-/m1/s1. The Morgan fingerprint density at radius 3 is 2.48 bits per heavy atom. The fourth-order valence-corrected chi connectivity index (χ4v) is 2.40. The molecule has 5 nitrogen and oxygen atoms in total. The molecule has 0 fully saturated rings. The first-order valence-corrected chi connectivity index (χ1v) is 8.37. The Kier molecular flexibility index (Phi) is 6.83. The number of carbonyl (C=O) groups excluding carboxylic acids is 1. The second kappa shape index (κ2) is 9.08. The Balaban J connectivity index is 2.14. The monoisotopic (exact) mass is 342 g/mol. The van der Waals surface area contributed by atoms with Crippen LogP contribution in [0.2, 0.25) is 0 Å². The molecule has 2 rings (SSSR count). The summed E-state index contributed by atoms with van der Waals surface area (Å²) in [6, 6.07) is 15.6. The maximum Gasteiger partial charge on any atom is 0.414 e.